The van der Waals surface area contributed by atoms with E-state index in [4.69, 9.17) is 0 Å². The van der Waals surface area contributed by atoms with E-state index < -0.39 is 0 Å². The van der Waals surface area contributed by atoms with Gasteiger partial charge >= 0.3 is 0 Å². The van der Waals surface area contributed by atoms with Crippen molar-refractivity contribution < 1.29 is 0 Å². The van der Waals surface area contributed by atoms with Crippen LogP contribution in [0.2, 0.25) is 0 Å². The van der Waals surface area contributed by atoms with E-state index in [1.807, 2.05) is 24.7 Å². The molecule has 0 saturated carbocycles. The molecule has 86 valence electrons. The van der Waals surface area contributed by atoms with Crippen LogP contribution in [0.1, 0.15) is 28.7 Å². The van der Waals surface area contributed by atoms with Gasteiger partial charge in [-0.1, -0.05) is 0 Å². The van der Waals surface area contributed by atoms with Crippen molar-refractivity contribution in [3.05, 3.63) is 28.2 Å². The maximum absolute atomic E-state index is 4.22. The van der Waals surface area contributed by atoms with Gasteiger partial charge in [-0.3, -0.25) is 0 Å². The second kappa shape index (κ2) is 4.71. The van der Waals surface area contributed by atoms with Crippen molar-refractivity contribution >= 4 is 11.3 Å². The third kappa shape index (κ3) is 2.45. The van der Waals surface area contributed by atoms with Gasteiger partial charge in [0, 0.05) is 24.7 Å². The molecule has 1 unspecified atom stereocenters. The molecule has 2 aromatic rings. The fourth-order valence-corrected chi connectivity index (χ4v) is 2.26. The molecule has 0 aliphatic heterocycles. The predicted molar refractivity (Wildman–Crippen MR) is 63.1 cm³/mol. The highest BCUT2D eigenvalue weighted by molar-refractivity contribution is 7.11. The van der Waals surface area contributed by atoms with Crippen LogP contribution in [0.5, 0.6) is 0 Å². The quantitative estimate of drug-likeness (QED) is 0.874. The highest BCUT2D eigenvalue weighted by Crippen LogP contribution is 2.13. The summed E-state index contributed by atoms with van der Waals surface area (Å²) < 4.78 is 1.93. The fraction of sp³-hybridized carbons (Fsp3) is 0.500. The Kier molecular flexibility index (Phi) is 3.31. The van der Waals surface area contributed by atoms with Crippen molar-refractivity contribution in [1.29, 1.82) is 0 Å². The molecule has 0 aliphatic rings. The maximum Gasteiger partial charge on any atom is 0.149 e. The van der Waals surface area contributed by atoms with E-state index in [9.17, 15) is 0 Å². The van der Waals surface area contributed by atoms with E-state index in [2.05, 4.69) is 27.4 Å². The van der Waals surface area contributed by atoms with Gasteiger partial charge in [0.05, 0.1) is 11.0 Å². The summed E-state index contributed by atoms with van der Waals surface area (Å²) in [6.07, 6.45) is 3.63. The largest absolute Gasteiger partial charge is 0.319 e. The molecule has 0 aliphatic carbocycles. The van der Waals surface area contributed by atoms with E-state index in [1.54, 1.807) is 17.7 Å². The third-order valence-corrected chi connectivity index (χ3v) is 3.30. The minimum absolute atomic E-state index is 0.190. The zero-order valence-corrected chi connectivity index (χ0v) is 10.5. The number of aromatic nitrogens is 4. The smallest absolute Gasteiger partial charge is 0.149 e. The molecule has 1 atom stereocenters. The van der Waals surface area contributed by atoms with Crippen molar-refractivity contribution in [3.8, 4) is 0 Å². The molecule has 0 aromatic carbocycles. The lowest BCUT2D eigenvalue weighted by Crippen LogP contribution is -2.20. The van der Waals surface area contributed by atoms with Crippen molar-refractivity contribution in [2.24, 2.45) is 7.05 Å². The van der Waals surface area contributed by atoms with Gasteiger partial charge < -0.3 is 9.88 Å². The van der Waals surface area contributed by atoms with Gasteiger partial charge in [-0.2, -0.15) is 0 Å². The number of nitrogens with one attached hydrogen (secondary N) is 1. The lowest BCUT2D eigenvalue weighted by Gasteiger charge is -2.11. The summed E-state index contributed by atoms with van der Waals surface area (Å²) in [7, 11) is 1.95. The second-order valence-corrected chi connectivity index (χ2v) is 5.07. The number of hydrogen-bond donors (Lipinski definition) is 1. The molecule has 6 heteroatoms. The molecule has 5 nitrogen and oxygen atoms in total. The predicted octanol–water partition coefficient (Wildman–Crippen LogP) is 1.43. The minimum atomic E-state index is 0.190. The Balaban J connectivity index is 1.93. The molecule has 2 aromatic heterocycles. The summed E-state index contributed by atoms with van der Waals surface area (Å²) in [4.78, 5) is 5.46. The number of thiazole rings is 1. The van der Waals surface area contributed by atoms with Gasteiger partial charge in [0.15, 0.2) is 0 Å². The summed E-state index contributed by atoms with van der Waals surface area (Å²) in [6.45, 7) is 4.91. The van der Waals surface area contributed by atoms with Gasteiger partial charge in [-0.25, -0.2) is 4.98 Å². The number of aryl methyl sites for hydroxylation is 2. The van der Waals surface area contributed by atoms with Crippen molar-refractivity contribution in [2.75, 3.05) is 0 Å². The van der Waals surface area contributed by atoms with Crippen LogP contribution in [0.4, 0.5) is 0 Å². The molecule has 1 N–H and O–H groups in total. The molecular formula is C10H15N5S. The van der Waals surface area contributed by atoms with Gasteiger partial charge in [-0.05, 0) is 13.8 Å². The SMILES string of the molecule is Cc1ncc(CNC(C)c2nncn2C)s1. The van der Waals surface area contributed by atoms with Crippen LogP contribution in [-0.2, 0) is 13.6 Å². The van der Waals surface area contributed by atoms with Crippen LogP contribution in [-0.4, -0.2) is 19.7 Å². The van der Waals surface area contributed by atoms with E-state index >= 15 is 0 Å². The first-order valence-electron chi connectivity index (χ1n) is 5.15. The monoisotopic (exact) mass is 237 g/mol. The number of nitrogens with zero attached hydrogens (tertiary/aromatic N) is 4. The lowest BCUT2D eigenvalue weighted by molar-refractivity contribution is 0.531. The summed E-state index contributed by atoms with van der Waals surface area (Å²) in [6, 6.07) is 0.190. The van der Waals surface area contributed by atoms with Gasteiger partial charge in [-0.15, -0.1) is 21.5 Å². The minimum Gasteiger partial charge on any atom is -0.319 e. The summed E-state index contributed by atoms with van der Waals surface area (Å²) in [5.74, 6) is 0.946. The summed E-state index contributed by atoms with van der Waals surface area (Å²) >= 11 is 1.71. The first-order chi connectivity index (χ1) is 7.66. The molecular weight excluding hydrogens is 222 g/mol. The van der Waals surface area contributed by atoms with Crippen molar-refractivity contribution in [1.82, 2.24) is 25.1 Å². The van der Waals surface area contributed by atoms with Crippen LogP contribution in [0.3, 0.4) is 0 Å². The van der Waals surface area contributed by atoms with Crippen LogP contribution in [0.25, 0.3) is 0 Å². The van der Waals surface area contributed by atoms with E-state index in [0.717, 1.165) is 17.4 Å². The Labute approximate surface area is 98.5 Å². The van der Waals surface area contributed by atoms with Crippen LogP contribution >= 0.6 is 11.3 Å². The molecule has 0 amide bonds. The zero-order valence-electron chi connectivity index (χ0n) is 9.64. The Hall–Kier alpha value is -1.27. The summed E-state index contributed by atoms with van der Waals surface area (Å²) in [5, 5.41) is 12.4. The van der Waals surface area contributed by atoms with Crippen LogP contribution in [0, 0.1) is 6.92 Å². The average molecular weight is 237 g/mol. The molecule has 2 heterocycles. The lowest BCUT2D eigenvalue weighted by atomic mass is 10.3. The van der Waals surface area contributed by atoms with Crippen molar-refractivity contribution in [3.63, 3.8) is 0 Å². The highest BCUT2D eigenvalue weighted by Gasteiger charge is 2.10. The maximum atomic E-state index is 4.22. The average Bonchev–Trinajstić information content (AvgIpc) is 2.84. The summed E-state index contributed by atoms with van der Waals surface area (Å²) in [5.41, 5.74) is 0. The first kappa shape index (κ1) is 11.2. The highest BCUT2D eigenvalue weighted by atomic mass is 32.1. The normalized spacial score (nSPS) is 12.9. The van der Waals surface area contributed by atoms with Crippen LogP contribution in [0.15, 0.2) is 12.5 Å². The van der Waals surface area contributed by atoms with E-state index in [-0.39, 0.29) is 6.04 Å². The first-order valence-corrected chi connectivity index (χ1v) is 5.97. The Morgan fingerprint density at radius 3 is 2.94 bits per heavy atom. The molecule has 2 rings (SSSR count). The Morgan fingerprint density at radius 1 is 1.56 bits per heavy atom. The fourth-order valence-electron chi connectivity index (χ4n) is 1.52. The van der Waals surface area contributed by atoms with Gasteiger partial charge in [0.1, 0.15) is 12.2 Å². The third-order valence-electron chi connectivity index (χ3n) is 2.39. The molecule has 16 heavy (non-hydrogen) atoms. The number of hydrogen-bond acceptors (Lipinski definition) is 5. The molecule has 0 spiro atoms. The van der Waals surface area contributed by atoms with Gasteiger partial charge in [0.25, 0.3) is 0 Å². The second-order valence-electron chi connectivity index (χ2n) is 3.75. The zero-order chi connectivity index (χ0) is 11.5. The molecule has 0 bridgehead atoms. The standard InChI is InChI=1S/C10H15N5S/c1-7(10-14-13-6-15(10)3)11-4-9-5-12-8(2)16-9/h5-7,11H,4H2,1-3H3. The topological polar surface area (TPSA) is 55.6 Å². The molecule has 0 saturated heterocycles. The molecule has 0 radical (unpaired) electrons. The van der Waals surface area contributed by atoms with Crippen LogP contribution < -0.4 is 5.32 Å². The Morgan fingerprint density at radius 2 is 2.38 bits per heavy atom. The van der Waals surface area contributed by atoms with Crippen molar-refractivity contribution in [2.45, 2.75) is 26.4 Å². The van der Waals surface area contributed by atoms with Gasteiger partial charge in [0.2, 0.25) is 0 Å². The Bertz CT molecular complexity index is 461. The number of rotatable bonds is 4. The van der Waals surface area contributed by atoms with E-state index in [0.29, 0.717) is 0 Å². The molecule has 0 fully saturated rings. The van der Waals surface area contributed by atoms with E-state index in [1.165, 1.54) is 4.88 Å².